The van der Waals surface area contributed by atoms with Gasteiger partial charge in [0.1, 0.15) is 10.9 Å². The van der Waals surface area contributed by atoms with Crippen molar-refractivity contribution >= 4 is 17.3 Å². The van der Waals surface area contributed by atoms with Crippen LogP contribution in [0.3, 0.4) is 0 Å². The molecule has 3 aromatic rings. The number of esters is 1. The van der Waals surface area contributed by atoms with Gasteiger partial charge < -0.3 is 9.72 Å². The molecule has 134 valence electrons. The van der Waals surface area contributed by atoms with Gasteiger partial charge in [-0.3, -0.25) is 0 Å². The highest BCUT2D eigenvalue weighted by atomic mass is 32.1. The largest absolute Gasteiger partial charge is 0.462 e. The van der Waals surface area contributed by atoms with Crippen molar-refractivity contribution in [1.29, 1.82) is 10.5 Å². The number of ether oxygens (including phenoxy) is 1. The number of nitriles is 2. The van der Waals surface area contributed by atoms with Crippen LogP contribution in [-0.4, -0.2) is 17.6 Å². The highest BCUT2D eigenvalue weighted by Gasteiger charge is 2.24. The molecule has 0 saturated carbocycles. The molecule has 0 saturated heterocycles. The monoisotopic (exact) mass is 375 g/mol. The van der Waals surface area contributed by atoms with Crippen LogP contribution in [0.25, 0.3) is 0 Å². The van der Waals surface area contributed by atoms with E-state index in [9.17, 15) is 10.1 Å². The number of thiophene rings is 1. The van der Waals surface area contributed by atoms with Gasteiger partial charge >= 0.3 is 5.97 Å². The topological polar surface area (TPSA) is 89.7 Å². The van der Waals surface area contributed by atoms with Gasteiger partial charge in [0.2, 0.25) is 0 Å². The number of hydrogen-bond donors (Lipinski definition) is 1. The van der Waals surface area contributed by atoms with Gasteiger partial charge in [-0.1, -0.05) is 12.1 Å². The number of nitrogens with zero attached hydrogens (tertiary/aromatic N) is 2. The van der Waals surface area contributed by atoms with Crippen LogP contribution in [0.15, 0.2) is 48.8 Å². The van der Waals surface area contributed by atoms with Gasteiger partial charge in [-0.05, 0) is 48.7 Å². The van der Waals surface area contributed by atoms with Crippen LogP contribution >= 0.6 is 11.3 Å². The maximum Gasteiger partial charge on any atom is 0.339 e. The van der Waals surface area contributed by atoms with Gasteiger partial charge in [-0.2, -0.15) is 10.5 Å². The SMILES string of the molecule is CCOC(=O)c1c[nH]cc1C(Cc1ccc(C#N)cc1)c1ccc(C#N)s1. The van der Waals surface area contributed by atoms with E-state index in [-0.39, 0.29) is 11.9 Å². The third kappa shape index (κ3) is 4.08. The summed E-state index contributed by atoms with van der Waals surface area (Å²) in [6, 6.07) is 15.4. The molecule has 0 spiro atoms. The van der Waals surface area contributed by atoms with E-state index in [0.717, 1.165) is 16.0 Å². The minimum absolute atomic E-state index is 0.101. The summed E-state index contributed by atoms with van der Waals surface area (Å²) in [5.41, 5.74) is 2.99. The molecule has 3 rings (SSSR count). The first-order valence-electron chi connectivity index (χ1n) is 8.49. The van der Waals surface area contributed by atoms with Crippen molar-refractivity contribution in [2.75, 3.05) is 6.61 Å². The number of H-pyrrole nitrogens is 1. The molecule has 0 bridgehead atoms. The summed E-state index contributed by atoms with van der Waals surface area (Å²) < 4.78 is 5.18. The van der Waals surface area contributed by atoms with E-state index in [1.165, 1.54) is 11.3 Å². The number of hydrogen-bond acceptors (Lipinski definition) is 5. The molecule has 2 heterocycles. The van der Waals surface area contributed by atoms with Crippen molar-refractivity contribution in [3.63, 3.8) is 0 Å². The maximum absolute atomic E-state index is 12.3. The van der Waals surface area contributed by atoms with Gasteiger partial charge in [0.25, 0.3) is 0 Å². The Hall–Kier alpha value is -3.35. The van der Waals surface area contributed by atoms with Crippen molar-refractivity contribution in [2.45, 2.75) is 19.3 Å². The molecule has 0 aliphatic heterocycles. The Morgan fingerprint density at radius 3 is 2.56 bits per heavy atom. The molecule has 1 unspecified atom stereocenters. The van der Waals surface area contributed by atoms with E-state index >= 15 is 0 Å². The fourth-order valence-electron chi connectivity index (χ4n) is 2.96. The van der Waals surface area contributed by atoms with Crippen molar-refractivity contribution in [3.05, 3.63) is 80.8 Å². The molecular weight excluding hydrogens is 358 g/mol. The van der Waals surface area contributed by atoms with Crippen molar-refractivity contribution in [1.82, 2.24) is 4.98 Å². The highest BCUT2D eigenvalue weighted by Crippen LogP contribution is 2.35. The second-order valence-electron chi connectivity index (χ2n) is 5.92. The summed E-state index contributed by atoms with van der Waals surface area (Å²) in [6.07, 6.45) is 4.10. The Kier molecular flexibility index (Phi) is 5.71. The lowest BCUT2D eigenvalue weighted by Gasteiger charge is -2.16. The van der Waals surface area contributed by atoms with Gasteiger partial charge in [-0.25, -0.2) is 4.79 Å². The average molecular weight is 375 g/mol. The summed E-state index contributed by atoms with van der Waals surface area (Å²) in [5, 5.41) is 18.2. The van der Waals surface area contributed by atoms with Crippen LogP contribution in [0.1, 0.15) is 49.6 Å². The first kappa shape index (κ1) is 18.4. The third-order valence-electron chi connectivity index (χ3n) is 4.25. The Labute approximate surface area is 161 Å². The normalized spacial score (nSPS) is 11.4. The summed E-state index contributed by atoms with van der Waals surface area (Å²) in [4.78, 5) is 17.0. The van der Waals surface area contributed by atoms with Crippen molar-refractivity contribution < 1.29 is 9.53 Å². The molecule has 6 heteroatoms. The van der Waals surface area contributed by atoms with Crippen LogP contribution in [0.2, 0.25) is 0 Å². The second kappa shape index (κ2) is 8.35. The molecule has 1 atom stereocenters. The smallest absolute Gasteiger partial charge is 0.339 e. The number of aromatic nitrogens is 1. The lowest BCUT2D eigenvalue weighted by Crippen LogP contribution is -2.11. The van der Waals surface area contributed by atoms with Crippen LogP contribution in [0.5, 0.6) is 0 Å². The average Bonchev–Trinajstić information content (AvgIpc) is 3.36. The fourth-order valence-corrected chi connectivity index (χ4v) is 3.89. The predicted octanol–water partition coefficient (Wildman–Crippen LogP) is 4.37. The Balaban J connectivity index is 2.00. The van der Waals surface area contributed by atoms with Crippen LogP contribution in [0.4, 0.5) is 0 Å². The Morgan fingerprint density at radius 2 is 1.93 bits per heavy atom. The van der Waals surface area contributed by atoms with Gasteiger partial charge in [0, 0.05) is 23.2 Å². The van der Waals surface area contributed by atoms with Gasteiger partial charge in [0.05, 0.1) is 23.8 Å². The van der Waals surface area contributed by atoms with E-state index in [2.05, 4.69) is 17.1 Å². The molecule has 0 amide bonds. The number of rotatable bonds is 6. The number of nitrogens with one attached hydrogen (secondary N) is 1. The molecule has 1 N–H and O–H groups in total. The van der Waals surface area contributed by atoms with Gasteiger partial charge in [0.15, 0.2) is 0 Å². The zero-order valence-corrected chi connectivity index (χ0v) is 15.5. The Bertz CT molecular complexity index is 1020. The summed E-state index contributed by atoms with van der Waals surface area (Å²) >= 11 is 1.42. The first-order chi connectivity index (χ1) is 13.2. The quantitative estimate of drug-likeness (QED) is 0.648. The van der Waals surface area contributed by atoms with E-state index < -0.39 is 0 Å². The molecule has 27 heavy (non-hydrogen) atoms. The summed E-state index contributed by atoms with van der Waals surface area (Å²) in [5.74, 6) is -0.466. The van der Waals surface area contributed by atoms with E-state index in [1.54, 1.807) is 31.3 Å². The first-order valence-corrected chi connectivity index (χ1v) is 9.30. The summed E-state index contributed by atoms with van der Waals surface area (Å²) in [7, 11) is 0. The number of aromatic amines is 1. The molecular formula is C21H17N3O2S. The Morgan fingerprint density at radius 1 is 1.15 bits per heavy atom. The minimum Gasteiger partial charge on any atom is -0.462 e. The molecule has 0 aliphatic carbocycles. The predicted molar refractivity (Wildman–Crippen MR) is 102 cm³/mol. The molecule has 1 aromatic carbocycles. The van der Waals surface area contributed by atoms with E-state index in [0.29, 0.717) is 29.0 Å². The summed E-state index contributed by atoms with van der Waals surface area (Å²) in [6.45, 7) is 2.08. The van der Waals surface area contributed by atoms with Gasteiger partial charge in [-0.15, -0.1) is 11.3 Å². The van der Waals surface area contributed by atoms with Crippen LogP contribution < -0.4 is 0 Å². The molecule has 5 nitrogen and oxygen atoms in total. The standard InChI is InChI=1S/C21H17N3O2S/c1-2-26-21(25)19-13-24-12-18(19)17(20-8-7-16(11-23)27-20)9-14-3-5-15(10-22)6-4-14/h3-8,12-13,17,24H,2,9H2,1H3. The maximum atomic E-state index is 12.3. The van der Waals surface area contributed by atoms with Crippen molar-refractivity contribution in [2.24, 2.45) is 0 Å². The zero-order valence-electron chi connectivity index (χ0n) is 14.7. The van der Waals surface area contributed by atoms with Crippen LogP contribution in [-0.2, 0) is 11.2 Å². The van der Waals surface area contributed by atoms with E-state index in [4.69, 9.17) is 10.00 Å². The number of carbonyl (C=O) groups is 1. The number of carbonyl (C=O) groups excluding carboxylic acids is 1. The molecule has 0 fully saturated rings. The lowest BCUT2D eigenvalue weighted by molar-refractivity contribution is 0.0525. The number of benzene rings is 1. The molecule has 0 aliphatic rings. The molecule has 0 radical (unpaired) electrons. The van der Waals surface area contributed by atoms with E-state index in [1.807, 2.05) is 24.4 Å². The molecule has 2 aromatic heterocycles. The second-order valence-corrected chi connectivity index (χ2v) is 7.04. The van der Waals surface area contributed by atoms with Crippen molar-refractivity contribution in [3.8, 4) is 12.1 Å². The minimum atomic E-state index is -0.365. The lowest BCUT2D eigenvalue weighted by atomic mass is 9.89. The third-order valence-corrected chi connectivity index (χ3v) is 5.36. The zero-order chi connectivity index (χ0) is 19.2. The highest BCUT2D eigenvalue weighted by molar-refractivity contribution is 7.12. The van der Waals surface area contributed by atoms with Crippen LogP contribution in [0, 0.1) is 22.7 Å². The fraction of sp³-hybridized carbons (Fsp3) is 0.190.